The fraction of sp³-hybridized carbons (Fsp3) is 0.0667. The third kappa shape index (κ3) is 2.51. The monoisotopic (exact) mass is 285 g/mol. The molecule has 5 heteroatoms. The van der Waals surface area contributed by atoms with Crippen LogP contribution in [-0.4, -0.2) is 15.3 Å². The molecule has 0 aliphatic heterocycles. The van der Waals surface area contributed by atoms with Gasteiger partial charge in [-0.1, -0.05) is 29.8 Å². The molecule has 3 rings (SSSR count). The number of hydrogen-bond acceptors (Lipinski definition) is 2. The van der Waals surface area contributed by atoms with Gasteiger partial charge in [0, 0.05) is 24.0 Å². The number of nitrogens with one attached hydrogen (secondary N) is 1. The largest absolute Gasteiger partial charge is 0.347 e. The van der Waals surface area contributed by atoms with Crippen LogP contribution in [0.3, 0.4) is 0 Å². The average molecular weight is 286 g/mol. The molecule has 0 unspecified atom stereocenters. The van der Waals surface area contributed by atoms with E-state index in [2.05, 4.69) is 10.3 Å². The summed E-state index contributed by atoms with van der Waals surface area (Å²) in [6, 6.07) is 12.8. The molecule has 0 saturated carbocycles. The summed E-state index contributed by atoms with van der Waals surface area (Å²) in [7, 11) is 0. The summed E-state index contributed by atoms with van der Waals surface area (Å²) in [5.74, 6) is -0.136. The van der Waals surface area contributed by atoms with Crippen molar-refractivity contribution in [3.63, 3.8) is 0 Å². The van der Waals surface area contributed by atoms with Crippen molar-refractivity contribution in [1.82, 2.24) is 14.7 Å². The van der Waals surface area contributed by atoms with Crippen LogP contribution in [0.2, 0.25) is 5.02 Å². The average Bonchev–Trinajstić information content (AvgIpc) is 2.94. The Balaban J connectivity index is 1.76. The highest BCUT2D eigenvalue weighted by molar-refractivity contribution is 6.30. The van der Waals surface area contributed by atoms with Crippen LogP contribution in [0.25, 0.3) is 5.65 Å². The minimum atomic E-state index is -0.136. The summed E-state index contributed by atoms with van der Waals surface area (Å²) in [6.07, 6.45) is 3.44. The number of carbonyl (C=O) groups excluding carboxylic acids is 1. The second-order valence-corrected chi connectivity index (χ2v) is 4.81. The molecule has 100 valence electrons. The van der Waals surface area contributed by atoms with Crippen LogP contribution < -0.4 is 5.32 Å². The second kappa shape index (κ2) is 5.35. The first kappa shape index (κ1) is 12.7. The molecular formula is C15H12ClN3O. The third-order valence-corrected chi connectivity index (χ3v) is 3.28. The second-order valence-electron chi connectivity index (χ2n) is 4.38. The van der Waals surface area contributed by atoms with Crippen molar-refractivity contribution in [2.75, 3.05) is 0 Å². The number of imidazole rings is 1. The molecule has 1 N–H and O–H groups in total. The number of nitrogens with zero attached hydrogens (tertiary/aromatic N) is 2. The van der Waals surface area contributed by atoms with Crippen LogP contribution in [-0.2, 0) is 6.54 Å². The maximum atomic E-state index is 12.2. The van der Waals surface area contributed by atoms with Gasteiger partial charge < -0.3 is 5.32 Å². The maximum absolute atomic E-state index is 12.2. The lowest BCUT2D eigenvalue weighted by Gasteiger charge is -2.07. The van der Waals surface area contributed by atoms with Crippen molar-refractivity contribution in [2.24, 2.45) is 0 Å². The smallest absolute Gasteiger partial charge is 0.268 e. The van der Waals surface area contributed by atoms with Gasteiger partial charge >= 0.3 is 0 Å². The predicted octanol–water partition coefficient (Wildman–Crippen LogP) is 2.92. The number of aromatic nitrogens is 2. The SMILES string of the molecule is O=C(NCc1ccc(Cl)cc1)c1cccc2nccn12. The van der Waals surface area contributed by atoms with E-state index in [9.17, 15) is 4.79 Å². The van der Waals surface area contributed by atoms with Gasteiger partial charge in [-0.25, -0.2) is 4.98 Å². The third-order valence-electron chi connectivity index (χ3n) is 3.03. The number of carbonyl (C=O) groups is 1. The highest BCUT2D eigenvalue weighted by atomic mass is 35.5. The minimum Gasteiger partial charge on any atom is -0.347 e. The Morgan fingerprint density at radius 2 is 2.00 bits per heavy atom. The molecule has 0 atom stereocenters. The molecule has 0 aliphatic carbocycles. The highest BCUT2D eigenvalue weighted by Gasteiger charge is 2.09. The maximum Gasteiger partial charge on any atom is 0.268 e. The first-order valence-electron chi connectivity index (χ1n) is 6.19. The molecule has 3 aromatic rings. The molecule has 0 radical (unpaired) electrons. The Bertz CT molecular complexity index is 749. The zero-order chi connectivity index (χ0) is 13.9. The van der Waals surface area contributed by atoms with Gasteiger partial charge in [0.15, 0.2) is 0 Å². The molecule has 0 bridgehead atoms. The van der Waals surface area contributed by atoms with Crippen molar-refractivity contribution >= 4 is 23.2 Å². The number of benzene rings is 1. The summed E-state index contributed by atoms with van der Waals surface area (Å²) in [5.41, 5.74) is 2.32. The molecular weight excluding hydrogens is 274 g/mol. The van der Waals surface area contributed by atoms with Crippen molar-refractivity contribution in [2.45, 2.75) is 6.54 Å². The molecule has 0 aliphatic rings. The van der Waals surface area contributed by atoms with Crippen LogP contribution in [0, 0.1) is 0 Å². The van der Waals surface area contributed by atoms with Crippen molar-refractivity contribution in [3.8, 4) is 0 Å². The summed E-state index contributed by atoms with van der Waals surface area (Å²) < 4.78 is 1.76. The Morgan fingerprint density at radius 1 is 1.20 bits per heavy atom. The van der Waals surface area contributed by atoms with Gasteiger partial charge in [0.05, 0.1) is 0 Å². The molecule has 2 heterocycles. The lowest BCUT2D eigenvalue weighted by molar-refractivity contribution is 0.0944. The fourth-order valence-corrected chi connectivity index (χ4v) is 2.13. The number of rotatable bonds is 3. The Labute approximate surface area is 121 Å². The number of halogens is 1. The predicted molar refractivity (Wildman–Crippen MR) is 77.8 cm³/mol. The quantitative estimate of drug-likeness (QED) is 0.804. The zero-order valence-corrected chi connectivity index (χ0v) is 11.3. The lowest BCUT2D eigenvalue weighted by Crippen LogP contribution is -2.24. The summed E-state index contributed by atoms with van der Waals surface area (Å²) >= 11 is 5.83. The van der Waals surface area contributed by atoms with E-state index >= 15 is 0 Å². The summed E-state index contributed by atoms with van der Waals surface area (Å²) in [4.78, 5) is 16.4. The normalized spacial score (nSPS) is 10.7. The van der Waals surface area contributed by atoms with E-state index in [-0.39, 0.29) is 5.91 Å². The molecule has 0 spiro atoms. The van der Waals surface area contributed by atoms with E-state index in [4.69, 9.17) is 11.6 Å². The number of pyridine rings is 1. The first-order valence-corrected chi connectivity index (χ1v) is 6.56. The minimum absolute atomic E-state index is 0.136. The van der Waals surface area contributed by atoms with Crippen molar-refractivity contribution in [1.29, 1.82) is 0 Å². The summed E-state index contributed by atoms with van der Waals surface area (Å²) in [6.45, 7) is 0.459. The van der Waals surface area contributed by atoms with Gasteiger partial charge in [-0.3, -0.25) is 9.20 Å². The molecule has 20 heavy (non-hydrogen) atoms. The van der Waals surface area contributed by atoms with Gasteiger partial charge in [0.25, 0.3) is 5.91 Å². The van der Waals surface area contributed by atoms with Crippen LogP contribution >= 0.6 is 11.6 Å². The molecule has 4 nitrogen and oxygen atoms in total. The molecule has 1 amide bonds. The number of fused-ring (bicyclic) bond motifs is 1. The van der Waals surface area contributed by atoms with Crippen LogP contribution in [0.4, 0.5) is 0 Å². The standard InChI is InChI=1S/C15H12ClN3O/c16-12-6-4-11(5-7-12)10-18-15(20)13-2-1-3-14-17-8-9-19(13)14/h1-9H,10H2,(H,18,20). The Morgan fingerprint density at radius 3 is 2.80 bits per heavy atom. The van der Waals surface area contributed by atoms with Gasteiger partial charge in [0.2, 0.25) is 0 Å². The van der Waals surface area contributed by atoms with Gasteiger partial charge in [0.1, 0.15) is 11.3 Å². The van der Waals surface area contributed by atoms with Gasteiger partial charge in [-0.05, 0) is 29.8 Å². The van der Waals surface area contributed by atoms with E-state index in [0.717, 1.165) is 11.2 Å². The van der Waals surface area contributed by atoms with Gasteiger partial charge in [-0.2, -0.15) is 0 Å². The number of amides is 1. The molecule has 0 saturated heterocycles. The first-order chi connectivity index (χ1) is 9.74. The van der Waals surface area contributed by atoms with Gasteiger partial charge in [-0.15, -0.1) is 0 Å². The Hall–Kier alpha value is -2.33. The topological polar surface area (TPSA) is 46.4 Å². The van der Waals surface area contributed by atoms with Crippen molar-refractivity contribution < 1.29 is 4.79 Å². The van der Waals surface area contributed by atoms with E-state index in [1.165, 1.54) is 0 Å². The molecule has 0 fully saturated rings. The van der Waals surface area contributed by atoms with Crippen LogP contribution in [0.15, 0.2) is 54.9 Å². The van der Waals surface area contributed by atoms with Crippen molar-refractivity contribution in [3.05, 3.63) is 71.1 Å². The van der Waals surface area contributed by atoms with Crippen LogP contribution in [0.1, 0.15) is 16.1 Å². The number of hydrogen-bond donors (Lipinski definition) is 1. The Kier molecular flexibility index (Phi) is 3.39. The zero-order valence-electron chi connectivity index (χ0n) is 10.6. The molecule has 2 aromatic heterocycles. The fourth-order valence-electron chi connectivity index (χ4n) is 2.01. The van der Waals surface area contributed by atoms with E-state index < -0.39 is 0 Å². The highest BCUT2D eigenvalue weighted by Crippen LogP contribution is 2.10. The van der Waals surface area contributed by atoms with E-state index in [1.807, 2.05) is 24.3 Å². The summed E-state index contributed by atoms with van der Waals surface area (Å²) in [5, 5.41) is 3.57. The van der Waals surface area contributed by atoms with E-state index in [0.29, 0.717) is 17.3 Å². The lowest BCUT2D eigenvalue weighted by atomic mass is 10.2. The molecule has 1 aromatic carbocycles. The van der Waals surface area contributed by atoms with E-state index in [1.54, 1.807) is 35.0 Å². The van der Waals surface area contributed by atoms with Crippen LogP contribution in [0.5, 0.6) is 0 Å².